The molecule has 1 aromatic carbocycles. The van der Waals surface area contributed by atoms with Crippen molar-refractivity contribution < 1.29 is 19.0 Å². The Morgan fingerprint density at radius 2 is 1.92 bits per heavy atom. The van der Waals surface area contributed by atoms with E-state index < -0.39 is 0 Å². The Kier molecular flexibility index (Phi) is 7.34. The van der Waals surface area contributed by atoms with Crippen LogP contribution in [0.15, 0.2) is 24.3 Å². The molecular formula is C18H28N2O4. The van der Waals surface area contributed by atoms with E-state index in [4.69, 9.17) is 14.2 Å². The van der Waals surface area contributed by atoms with Crippen LogP contribution in [0, 0.1) is 5.41 Å². The summed E-state index contributed by atoms with van der Waals surface area (Å²) in [6, 6.07) is 7.43. The van der Waals surface area contributed by atoms with E-state index in [2.05, 4.69) is 10.6 Å². The monoisotopic (exact) mass is 336 g/mol. The van der Waals surface area contributed by atoms with Gasteiger partial charge in [0.05, 0.1) is 26.7 Å². The van der Waals surface area contributed by atoms with Gasteiger partial charge in [0, 0.05) is 19.1 Å². The summed E-state index contributed by atoms with van der Waals surface area (Å²) in [6.07, 6.45) is 2.34. The molecule has 1 aromatic rings. The number of carbonyl (C=O) groups excluding carboxylic acids is 1. The first-order chi connectivity index (χ1) is 11.7. The largest absolute Gasteiger partial charge is 0.493 e. The molecule has 1 amide bonds. The van der Waals surface area contributed by atoms with Crippen LogP contribution in [-0.4, -0.2) is 53.0 Å². The Morgan fingerprint density at radius 1 is 1.21 bits per heavy atom. The molecule has 6 nitrogen and oxygen atoms in total. The van der Waals surface area contributed by atoms with E-state index in [1.165, 1.54) is 0 Å². The topological polar surface area (TPSA) is 68.8 Å². The lowest BCUT2D eigenvalue weighted by Gasteiger charge is -2.37. The van der Waals surface area contributed by atoms with Gasteiger partial charge in [-0.2, -0.15) is 0 Å². The summed E-state index contributed by atoms with van der Waals surface area (Å²) in [4.78, 5) is 12.1. The standard InChI is InChI=1S/C18H28N2O4/c1-22-14-18(8-10-19-11-9-18)13-20-17(21)7-12-24-16-6-4-3-5-15(16)23-2/h3-6,19H,7-14H2,1-2H3,(H,20,21). The minimum Gasteiger partial charge on any atom is -0.493 e. The summed E-state index contributed by atoms with van der Waals surface area (Å²) in [5, 5.41) is 6.38. The molecule has 0 bridgehead atoms. The smallest absolute Gasteiger partial charge is 0.223 e. The number of para-hydroxylation sites is 2. The number of piperidine rings is 1. The molecule has 0 radical (unpaired) electrons. The number of nitrogens with one attached hydrogen (secondary N) is 2. The molecule has 134 valence electrons. The van der Waals surface area contributed by atoms with Crippen molar-refractivity contribution in [1.29, 1.82) is 0 Å². The minimum atomic E-state index is -0.00101. The zero-order valence-corrected chi connectivity index (χ0v) is 14.6. The molecule has 0 atom stereocenters. The molecule has 0 spiro atoms. The molecule has 1 saturated heterocycles. The molecule has 2 N–H and O–H groups in total. The Bertz CT molecular complexity index is 510. The highest BCUT2D eigenvalue weighted by Gasteiger charge is 2.32. The highest BCUT2D eigenvalue weighted by molar-refractivity contribution is 5.76. The number of methoxy groups -OCH3 is 2. The summed E-state index contributed by atoms with van der Waals surface area (Å²) < 4.78 is 16.2. The Hall–Kier alpha value is -1.79. The normalized spacial score (nSPS) is 16.4. The Morgan fingerprint density at radius 3 is 2.58 bits per heavy atom. The van der Waals surface area contributed by atoms with Gasteiger partial charge < -0.3 is 24.8 Å². The first-order valence-electron chi connectivity index (χ1n) is 8.41. The van der Waals surface area contributed by atoms with E-state index in [1.807, 2.05) is 24.3 Å². The molecule has 0 saturated carbocycles. The third kappa shape index (κ3) is 5.39. The maximum atomic E-state index is 12.1. The van der Waals surface area contributed by atoms with Gasteiger partial charge in [0.2, 0.25) is 5.91 Å². The van der Waals surface area contributed by atoms with Gasteiger partial charge >= 0.3 is 0 Å². The third-order valence-electron chi connectivity index (χ3n) is 4.43. The van der Waals surface area contributed by atoms with Crippen LogP contribution < -0.4 is 20.1 Å². The second-order valence-electron chi connectivity index (χ2n) is 6.21. The fraction of sp³-hybridized carbons (Fsp3) is 0.611. The van der Waals surface area contributed by atoms with Gasteiger partial charge in [0.15, 0.2) is 11.5 Å². The number of ether oxygens (including phenoxy) is 3. The number of benzene rings is 1. The second kappa shape index (κ2) is 9.49. The predicted molar refractivity (Wildman–Crippen MR) is 92.5 cm³/mol. The lowest BCUT2D eigenvalue weighted by atomic mass is 9.79. The molecular weight excluding hydrogens is 308 g/mol. The van der Waals surface area contributed by atoms with Gasteiger partial charge in [-0.15, -0.1) is 0 Å². The molecule has 2 rings (SSSR count). The lowest BCUT2D eigenvalue weighted by molar-refractivity contribution is -0.122. The van der Waals surface area contributed by atoms with Gasteiger partial charge in [-0.1, -0.05) is 12.1 Å². The number of rotatable bonds is 9. The summed E-state index contributed by atoms with van der Waals surface area (Å²) >= 11 is 0. The summed E-state index contributed by atoms with van der Waals surface area (Å²) in [7, 11) is 3.32. The van der Waals surface area contributed by atoms with E-state index in [9.17, 15) is 4.79 Å². The summed E-state index contributed by atoms with van der Waals surface area (Å²) in [5.41, 5.74) is 0.0408. The fourth-order valence-corrected chi connectivity index (χ4v) is 3.00. The molecule has 1 heterocycles. The molecule has 0 aromatic heterocycles. The van der Waals surface area contributed by atoms with Gasteiger partial charge in [-0.3, -0.25) is 4.79 Å². The van der Waals surface area contributed by atoms with Crippen LogP contribution in [0.1, 0.15) is 19.3 Å². The maximum absolute atomic E-state index is 12.1. The van der Waals surface area contributed by atoms with Gasteiger partial charge in [-0.25, -0.2) is 0 Å². The highest BCUT2D eigenvalue weighted by Crippen LogP contribution is 2.28. The number of amides is 1. The van der Waals surface area contributed by atoms with Crippen molar-refractivity contribution >= 4 is 5.91 Å². The van der Waals surface area contributed by atoms with Gasteiger partial charge in [0.1, 0.15) is 0 Å². The van der Waals surface area contributed by atoms with Crippen molar-refractivity contribution in [3.8, 4) is 11.5 Å². The van der Waals surface area contributed by atoms with Crippen LogP contribution in [0.25, 0.3) is 0 Å². The average molecular weight is 336 g/mol. The van der Waals surface area contributed by atoms with E-state index >= 15 is 0 Å². The molecule has 1 aliphatic rings. The molecule has 0 unspecified atom stereocenters. The highest BCUT2D eigenvalue weighted by atomic mass is 16.5. The summed E-state index contributed by atoms with van der Waals surface area (Å²) in [5.74, 6) is 1.33. The van der Waals surface area contributed by atoms with Crippen molar-refractivity contribution in [2.75, 3.05) is 47.1 Å². The number of hydrogen-bond donors (Lipinski definition) is 2. The van der Waals surface area contributed by atoms with Crippen LogP contribution in [0.2, 0.25) is 0 Å². The fourth-order valence-electron chi connectivity index (χ4n) is 3.00. The number of carbonyl (C=O) groups is 1. The second-order valence-corrected chi connectivity index (χ2v) is 6.21. The van der Waals surface area contributed by atoms with Crippen molar-refractivity contribution in [1.82, 2.24) is 10.6 Å². The SMILES string of the molecule is COCC1(CNC(=O)CCOc2ccccc2OC)CCNCC1. The first kappa shape index (κ1) is 18.5. The van der Waals surface area contributed by atoms with Crippen LogP contribution >= 0.6 is 0 Å². The van der Waals surface area contributed by atoms with Crippen LogP contribution in [0.4, 0.5) is 0 Å². The van der Waals surface area contributed by atoms with E-state index in [0.29, 0.717) is 37.7 Å². The van der Waals surface area contributed by atoms with E-state index in [-0.39, 0.29) is 11.3 Å². The van der Waals surface area contributed by atoms with Crippen molar-refractivity contribution in [2.24, 2.45) is 5.41 Å². The van der Waals surface area contributed by atoms with E-state index in [1.54, 1.807) is 14.2 Å². The molecule has 24 heavy (non-hydrogen) atoms. The molecule has 1 aliphatic heterocycles. The van der Waals surface area contributed by atoms with Crippen molar-refractivity contribution in [3.63, 3.8) is 0 Å². The van der Waals surface area contributed by atoms with Crippen LogP contribution in [0.3, 0.4) is 0 Å². The quantitative estimate of drug-likeness (QED) is 0.717. The Balaban J connectivity index is 1.74. The molecule has 1 fully saturated rings. The van der Waals surface area contributed by atoms with Crippen molar-refractivity contribution in [2.45, 2.75) is 19.3 Å². The van der Waals surface area contributed by atoms with Crippen LogP contribution in [-0.2, 0) is 9.53 Å². The molecule has 0 aliphatic carbocycles. The van der Waals surface area contributed by atoms with Crippen molar-refractivity contribution in [3.05, 3.63) is 24.3 Å². The lowest BCUT2D eigenvalue weighted by Crippen LogP contribution is -2.47. The first-order valence-corrected chi connectivity index (χ1v) is 8.41. The average Bonchev–Trinajstić information content (AvgIpc) is 2.61. The molecule has 6 heteroatoms. The van der Waals surface area contributed by atoms with E-state index in [0.717, 1.165) is 25.9 Å². The third-order valence-corrected chi connectivity index (χ3v) is 4.43. The Labute approximate surface area is 143 Å². The zero-order chi connectivity index (χ0) is 17.3. The minimum absolute atomic E-state index is 0.00101. The maximum Gasteiger partial charge on any atom is 0.223 e. The van der Waals surface area contributed by atoms with Gasteiger partial charge in [0.25, 0.3) is 0 Å². The van der Waals surface area contributed by atoms with Crippen LogP contribution in [0.5, 0.6) is 11.5 Å². The van der Waals surface area contributed by atoms with Gasteiger partial charge in [-0.05, 0) is 38.1 Å². The number of hydrogen-bond acceptors (Lipinski definition) is 5. The predicted octanol–water partition coefficient (Wildman–Crippen LogP) is 1.60. The zero-order valence-electron chi connectivity index (χ0n) is 14.6. The summed E-state index contributed by atoms with van der Waals surface area (Å²) in [6.45, 7) is 3.58.